The molecule has 10 heteroatoms. The maximum absolute atomic E-state index is 12.8. The third-order valence-corrected chi connectivity index (χ3v) is 7.48. The van der Waals surface area contributed by atoms with E-state index in [1.807, 2.05) is 66.7 Å². The Morgan fingerprint density at radius 2 is 1.98 bits per heavy atom. The molecule has 1 aliphatic heterocycles. The van der Waals surface area contributed by atoms with Crippen molar-refractivity contribution in [3.63, 3.8) is 0 Å². The van der Waals surface area contributed by atoms with Gasteiger partial charge in [0.2, 0.25) is 0 Å². The van der Waals surface area contributed by atoms with Crippen molar-refractivity contribution in [1.82, 2.24) is 15.5 Å². The second kappa shape index (κ2) is 19.5. The standard InChI is InChI=1S/C30H37N5O4S.C3H8/c1-31-14-13-27(28-11-12-29(40-28)30(36)32-20-23-5-3-6-26(19-23)37-2)34-21-33-24-7-9-25(10-8-24)39-17-4-15-35-16-18-38-22-35;1-3-2/h3,5-14,19,27,33-34H,1,4,15-18,20-22H2,2H3,(H,32,36);3H2,1-2H3/b14-13-;. The number of nitrogens with zero attached hydrogens (tertiary/aromatic N) is 2. The van der Waals surface area contributed by atoms with Gasteiger partial charge in [-0.3, -0.25) is 20.0 Å². The second-order valence-corrected chi connectivity index (χ2v) is 11.0. The van der Waals surface area contributed by atoms with Crippen LogP contribution in [0.25, 0.3) is 0 Å². The highest BCUT2D eigenvalue weighted by Crippen LogP contribution is 2.25. The van der Waals surface area contributed by atoms with Crippen molar-refractivity contribution in [3.05, 3.63) is 88.3 Å². The van der Waals surface area contributed by atoms with Crippen LogP contribution in [-0.2, 0) is 11.3 Å². The van der Waals surface area contributed by atoms with Crippen LogP contribution in [0.3, 0.4) is 0 Å². The molecular weight excluding hydrogens is 562 g/mol. The number of rotatable bonds is 16. The second-order valence-electron chi connectivity index (χ2n) is 9.88. The number of aliphatic imine (C=N–C) groups is 1. The van der Waals surface area contributed by atoms with Gasteiger partial charge in [0.05, 0.1) is 44.6 Å². The lowest BCUT2D eigenvalue weighted by Crippen LogP contribution is -2.25. The number of benzene rings is 2. The van der Waals surface area contributed by atoms with E-state index in [9.17, 15) is 4.79 Å². The van der Waals surface area contributed by atoms with Crippen LogP contribution in [0.1, 0.15) is 52.8 Å². The summed E-state index contributed by atoms with van der Waals surface area (Å²) in [5.74, 6) is 1.50. The summed E-state index contributed by atoms with van der Waals surface area (Å²) >= 11 is 1.44. The molecule has 9 nitrogen and oxygen atoms in total. The van der Waals surface area contributed by atoms with Crippen LogP contribution < -0.4 is 25.4 Å². The highest BCUT2D eigenvalue weighted by atomic mass is 32.1. The maximum Gasteiger partial charge on any atom is 0.261 e. The van der Waals surface area contributed by atoms with E-state index in [0.29, 0.717) is 24.7 Å². The molecule has 1 aromatic heterocycles. The topological polar surface area (TPSA) is 96.5 Å². The molecule has 1 unspecified atom stereocenters. The van der Waals surface area contributed by atoms with Gasteiger partial charge in [0.1, 0.15) is 11.5 Å². The predicted octanol–water partition coefficient (Wildman–Crippen LogP) is 6.08. The minimum atomic E-state index is -0.133. The Hall–Kier alpha value is -3.70. The van der Waals surface area contributed by atoms with E-state index in [4.69, 9.17) is 14.2 Å². The molecular formula is C33H45N5O4S. The molecule has 2 aromatic carbocycles. The molecule has 0 saturated carbocycles. The molecule has 232 valence electrons. The van der Waals surface area contributed by atoms with E-state index in [2.05, 4.69) is 46.4 Å². The van der Waals surface area contributed by atoms with Crippen LogP contribution in [0.15, 0.2) is 77.9 Å². The molecule has 0 bridgehead atoms. The summed E-state index contributed by atoms with van der Waals surface area (Å²) in [6, 6.07) is 19.2. The molecule has 0 radical (unpaired) electrons. The number of ether oxygens (including phenoxy) is 3. The highest BCUT2D eigenvalue weighted by Gasteiger charge is 2.15. The third-order valence-electron chi connectivity index (χ3n) is 6.31. The van der Waals surface area contributed by atoms with Crippen molar-refractivity contribution in [3.8, 4) is 11.5 Å². The number of anilines is 1. The summed E-state index contributed by atoms with van der Waals surface area (Å²) in [7, 11) is 1.63. The molecule has 3 N–H and O–H groups in total. The van der Waals surface area contributed by atoms with Gasteiger partial charge in [-0.15, -0.1) is 11.3 Å². The van der Waals surface area contributed by atoms with Crippen molar-refractivity contribution in [2.24, 2.45) is 4.99 Å². The first-order chi connectivity index (χ1) is 21.1. The highest BCUT2D eigenvalue weighted by molar-refractivity contribution is 7.14. The Labute approximate surface area is 260 Å². The number of carbonyl (C=O) groups excluding carboxylic acids is 1. The molecule has 1 saturated heterocycles. The van der Waals surface area contributed by atoms with Gasteiger partial charge in [-0.2, -0.15) is 0 Å². The third kappa shape index (κ3) is 12.2. The first-order valence-electron chi connectivity index (χ1n) is 14.7. The van der Waals surface area contributed by atoms with Gasteiger partial charge >= 0.3 is 0 Å². The number of methoxy groups -OCH3 is 1. The summed E-state index contributed by atoms with van der Waals surface area (Å²) in [5, 5.41) is 9.82. The van der Waals surface area contributed by atoms with E-state index in [-0.39, 0.29) is 11.9 Å². The monoisotopic (exact) mass is 607 g/mol. The Bertz CT molecular complexity index is 1260. The van der Waals surface area contributed by atoms with Crippen LogP contribution >= 0.6 is 11.3 Å². The van der Waals surface area contributed by atoms with Crippen LogP contribution in [0.2, 0.25) is 0 Å². The summed E-state index contributed by atoms with van der Waals surface area (Å²) < 4.78 is 16.5. The van der Waals surface area contributed by atoms with Crippen LogP contribution in [0.5, 0.6) is 11.5 Å². The number of carbonyl (C=O) groups is 1. The van der Waals surface area contributed by atoms with Crippen molar-refractivity contribution in [2.75, 3.05) is 52.1 Å². The Morgan fingerprint density at radius 1 is 1.16 bits per heavy atom. The zero-order valence-electron chi connectivity index (χ0n) is 25.5. The van der Waals surface area contributed by atoms with Crippen molar-refractivity contribution in [1.29, 1.82) is 0 Å². The number of hydrogen-bond acceptors (Lipinski definition) is 9. The van der Waals surface area contributed by atoms with Crippen molar-refractivity contribution >= 4 is 29.6 Å². The number of amides is 1. The molecule has 2 heterocycles. The van der Waals surface area contributed by atoms with E-state index < -0.39 is 0 Å². The summed E-state index contributed by atoms with van der Waals surface area (Å²) in [6.07, 6.45) is 5.79. The predicted molar refractivity (Wildman–Crippen MR) is 176 cm³/mol. The number of thiophene rings is 1. The molecule has 1 amide bonds. The molecule has 0 spiro atoms. The van der Waals surface area contributed by atoms with Gasteiger partial charge in [-0.1, -0.05) is 32.4 Å². The first kappa shape index (κ1) is 33.8. The minimum Gasteiger partial charge on any atom is -0.497 e. The quantitative estimate of drug-likeness (QED) is 0.103. The summed E-state index contributed by atoms with van der Waals surface area (Å²) in [4.78, 5) is 20.5. The zero-order chi connectivity index (χ0) is 30.7. The first-order valence-corrected chi connectivity index (χ1v) is 15.5. The van der Waals surface area contributed by atoms with Crippen LogP contribution in [-0.4, -0.2) is 64.3 Å². The van der Waals surface area contributed by atoms with Crippen molar-refractivity contribution in [2.45, 2.75) is 39.3 Å². The van der Waals surface area contributed by atoms with Gasteiger partial charge in [0.15, 0.2) is 0 Å². The fourth-order valence-electron chi connectivity index (χ4n) is 4.14. The van der Waals surface area contributed by atoms with Gasteiger partial charge in [-0.05, 0) is 73.3 Å². The Balaban J connectivity index is 0.00000162. The molecule has 4 rings (SSSR count). The Kier molecular flexibility index (Phi) is 15.3. The molecule has 1 aliphatic rings. The molecule has 1 fully saturated rings. The number of hydrogen-bond donors (Lipinski definition) is 3. The lowest BCUT2D eigenvalue weighted by atomic mass is 10.2. The molecule has 0 aliphatic carbocycles. The molecule has 1 atom stereocenters. The van der Waals surface area contributed by atoms with Crippen LogP contribution in [0, 0.1) is 0 Å². The Morgan fingerprint density at radius 3 is 2.70 bits per heavy atom. The van der Waals surface area contributed by atoms with Crippen LogP contribution in [0.4, 0.5) is 5.69 Å². The fourth-order valence-corrected chi connectivity index (χ4v) is 5.12. The van der Waals surface area contributed by atoms with E-state index in [1.165, 1.54) is 17.8 Å². The lowest BCUT2D eigenvalue weighted by Gasteiger charge is -2.15. The maximum atomic E-state index is 12.8. The average molecular weight is 608 g/mol. The van der Waals surface area contributed by atoms with Gasteiger partial charge < -0.3 is 24.8 Å². The molecule has 43 heavy (non-hydrogen) atoms. The number of nitrogens with one attached hydrogen (secondary N) is 3. The molecule has 3 aromatic rings. The summed E-state index contributed by atoms with van der Waals surface area (Å²) in [5.41, 5.74) is 1.95. The summed E-state index contributed by atoms with van der Waals surface area (Å²) in [6.45, 7) is 12.9. The van der Waals surface area contributed by atoms with Gasteiger partial charge in [0.25, 0.3) is 5.91 Å². The zero-order valence-corrected chi connectivity index (χ0v) is 26.3. The largest absolute Gasteiger partial charge is 0.497 e. The average Bonchev–Trinajstić information content (AvgIpc) is 3.74. The smallest absolute Gasteiger partial charge is 0.261 e. The fraction of sp³-hybridized carbons (Fsp3) is 0.394. The van der Waals surface area contributed by atoms with E-state index in [0.717, 1.165) is 60.5 Å². The van der Waals surface area contributed by atoms with Gasteiger partial charge in [-0.25, -0.2) is 0 Å². The van der Waals surface area contributed by atoms with Crippen molar-refractivity contribution < 1.29 is 19.0 Å². The SMILES string of the molecule is C=N/C=C\C(NCNc1ccc(OCCCN2CCOC2)cc1)c1ccc(C(=O)NCc2cccc(OC)c2)s1.CCC. The van der Waals surface area contributed by atoms with E-state index >= 15 is 0 Å². The normalized spacial score (nSPS) is 13.7. The lowest BCUT2D eigenvalue weighted by molar-refractivity contribution is 0.0955. The minimum absolute atomic E-state index is 0.117. The van der Waals surface area contributed by atoms with E-state index in [1.54, 1.807) is 13.3 Å². The van der Waals surface area contributed by atoms with Gasteiger partial charge in [0, 0.05) is 36.4 Å².